The highest BCUT2D eigenvalue weighted by atomic mass is 16.7. The lowest BCUT2D eigenvalue weighted by Crippen LogP contribution is -2.14. The zero-order valence-electron chi connectivity index (χ0n) is 18.7. The average Bonchev–Trinajstić information content (AvgIpc) is 2.82. The maximum atomic E-state index is 12.3. The third-order valence-electron chi connectivity index (χ3n) is 4.79. The van der Waals surface area contributed by atoms with Crippen molar-refractivity contribution in [3.63, 3.8) is 0 Å². The summed E-state index contributed by atoms with van der Waals surface area (Å²) in [6.45, 7) is 5.13. The minimum atomic E-state index is -0.594. The van der Waals surface area contributed by atoms with Crippen LogP contribution >= 0.6 is 0 Å². The number of benzene rings is 2. The Kier molecular flexibility index (Phi) is 8.65. The highest BCUT2D eigenvalue weighted by molar-refractivity contribution is 5.87. The lowest BCUT2D eigenvalue weighted by Gasteiger charge is -2.20. The smallest absolute Gasteiger partial charge is 0.331 e. The molecule has 0 saturated carbocycles. The number of fused-ring (bicyclic) bond motifs is 1. The maximum absolute atomic E-state index is 12.3. The summed E-state index contributed by atoms with van der Waals surface area (Å²) >= 11 is 0. The zero-order valence-corrected chi connectivity index (χ0v) is 18.7. The third kappa shape index (κ3) is 6.69. The van der Waals surface area contributed by atoms with Crippen molar-refractivity contribution in [1.82, 2.24) is 0 Å². The highest BCUT2D eigenvalue weighted by Crippen LogP contribution is 2.33. The first-order valence-corrected chi connectivity index (χ1v) is 10.8. The fourth-order valence-electron chi connectivity index (χ4n) is 3.20. The molecule has 2 aromatic carbocycles. The molecule has 0 saturated heterocycles. The Morgan fingerprint density at radius 2 is 2.03 bits per heavy atom. The Morgan fingerprint density at radius 3 is 2.79 bits per heavy atom. The number of hydrogen-bond donors (Lipinski definition) is 0. The molecular weight excluding hydrogens is 430 g/mol. The van der Waals surface area contributed by atoms with E-state index in [1.807, 2.05) is 13.0 Å². The number of hydrogen-bond acceptors (Lipinski definition) is 8. The van der Waals surface area contributed by atoms with Gasteiger partial charge in [0.25, 0.3) is 5.69 Å². The van der Waals surface area contributed by atoms with Crippen LogP contribution in [0.1, 0.15) is 43.4 Å². The number of nitro groups is 1. The van der Waals surface area contributed by atoms with Crippen molar-refractivity contribution >= 4 is 17.7 Å². The van der Waals surface area contributed by atoms with Crippen LogP contribution in [0.15, 0.2) is 36.4 Å². The monoisotopic (exact) mass is 457 g/mol. The Hall–Kier alpha value is -3.59. The Bertz CT molecular complexity index is 1020. The molecule has 0 atom stereocenters. The molecule has 0 spiro atoms. The quantitative estimate of drug-likeness (QED) is 0.156. The molecule has 0 radical (unpaired) electrons. The fourth-order valence-corrected chi connectivity index (χ4v) is 3.20. The normalized spacial score (nSPS) is 12.7. The topological polar surface area (TPSA) is 106 Å². The van der Waals surface area contributed by atoms with E-state index in [0.29, 0.717) is 41.6 Å². The zero-order chi connectivity index (χ0) is 23.6. The van der Waals surface area contributed by atoms with E-state index in [4.69, 9.17) is 23.7 Å². The van der Waals surface area contributed by atoms with Gasteiger partial charge < -0.3 is 23.7 Å². The molecule has 1 aliphatic heterocycles. The molecule has 9 nitrogen and oxygen atoms in total. The van der Waals surface area contributed by atoms with Gasteiger partial charge >= 0.3 is 5.97 Å². The average molecular weight is 457 g/mol. The Balaban J connectivity index is 1.66. The number of unbranched alkanes of at least 4 members (excludes halogenated alkanes) is 1. The Labute approximate surface area is 192 Å². The van der Waals surface area contributed by atoms with Gasteiger partial charge in [-0.05, 0) is 37.1 Å². The molecular formula is C24H27NO8. The number of non-ortho nitro benzene ring substituents is 1. The number of rotatable bonds is 11. The lowest BCUT2D eigenvalue weighted by atomic mass is 10.1. The Morgan fingerprint density at radius 1 is 1.18 bits per heavy atom. The van der Waals surface area contributed by atoms with E-state index < -0.39 is 10.9 Å². The minimum Gasteiger partial charge on any atom is -0.490 e. The summed E-state index contributed by atoms with van der Waals surface area (Å²) in [6, 6.07) is 8.15. The van der Waals surface area contributed by atoms with E-state index in [9.17, 15) is 14.9 Å². The molecule has 1 heterocycles. The van der Waals surface area contributed by atoms with Crippen molar-refractivity contribution in [1.29, 1.82) is 0 Å². The minimum absolute atomic E-state index is 0.0337. The molecule has 0 aliphatic carbocycles. The van der Waals surface area contributed by atoms with Crippen molar-refractivity contribution < 1.29 is 33.4 Å². The number of esters is 1. The summed E-state index contributed by atoms with van der Waals surface area (Å²) in [5.41, 5.74) is 1.58. The van der Waals surface area contributed by atoms with Crippen LogP contribution in [0.4, 0.5) is 5.69 Å². The van der Waals surface area contributed by atoms with Gasteiger partial charge in [0.15, 0.2) is 18.3 Å². The summed E-state index contributed by atoms with van der Waals surface area (Å²) in [4.78, 5) is 22.9. The standard InChI is InChI=1S/C24H27NO8/c1-3-5-10-31-21-8-6-17(11-22(21)30-4-2)7-9-23(26)32-15-19-13-20(25(27)28)12-18-14-29-16-33-24(18)19/h6-9,11-13H,3-5,10,14-16H2,1-2H3. The first-order valence-electron chi connectivity index (χ1n) is 10.8. The van der Waals surface area contributed by atoms with Crippen LogP contribution in [0.3, 0.4) is 0 Å². The summed E-state index contributed by atoms with van der Waals surface area (Å²) in [5, 5.41) is 11.2. The molecule has 0 aromatic heterocycles. The summed E-state index contributed by atoms with van der Waals surface area (Å²) in [5.74, 6) is 1.11. The van der Waals surface area contributed by atoms with E-state index in [-0.39, 0.29) is 25.7 Å². The van der Waals surface area contributed by atoms with Crippen molar-refractivity contribution in [3.8, 4) is 17.2 Å². The van der Waals surface area contributed by atoms with E-state index >= 15 is 0 Å². The number of nitrogens with zero attached hydrogens (tertiary/aromatic N) is 1. The third-order valence-corrected chi connectivity index (χ3v) is 4.79. The van der Waals surface area contributed by atoms with Gasteiger partial charge in [0.2, 0.25) is 0 Å². The second kappa shape index (κ2) is 11.9. The molecule has 3 rings (SSSR count). The van der Waals surface area contributed by atoms with E-state index in [1.165, 1.54) is 18.2 Å². The molecule has 0 fully saturated rings. The van der Waals surface area contributed by atoms with Gasteiger partial charge in [-0.1, -0.05) is 19.4 Å². The van der Waals surface area contributed by atoms with Crippen molar-refractivity contribution in [2.45, 2.75) is 39.9 Å². The van der Waals surface area contributed by atoms with Crippen LogP contribution in [-0.4, -0.2) is 30.9 Å². The summed E-state index contributed by atoms with van der Waals surface area (Å²) in [7, 11) is 0. The van der Waals surface area contributed by atoms with Crippen LogP contribution in [0.25, 0.3) is 6.08 Å². The fraction of sp³-hybridized carbons (Fsp3) is 0.375. The first kappa shape index (κ1) is 24.1. The van der Waals surface area contributed by atoms with Crippen LogP contribution < -0.4 is 14.2 Å². The van der Waals surface area contributed by atoms with Gasteiger partial charge in [-0.2, -0.15) is 0 Å². The van der Waals surface area contributed by atoms with Crippen LogP contribution in [0.5, 0.6) is 17.2 Å². The molecule has 33 heavy (non-hydrogen) atoms. The molecule has 0 bridgehead atoms. The summed E-state index contributed by atoms with van der Waals surface area (Å²) < 4.78 is 27.3. The predicted molar refractivity (Wildman–Crippen MR) is 120 cm³/mol. The lowest BCUT2D eigenvalue weighted by molar-refractivity contribution is -0.385. The maximum Gasteiger partial charge on any atom is 0.331 e. The van der Waals surface area contributed by atoms with Gasteiger partial charge in [-0.3, -0.25) is 10.1 Å². The molecule has 0 amide bonds. The van der Waals surface area contributed by atoms with Gasteiger partial charge in [-0.15, -0.1) is 0 Å². The largest absolute Gasteiger partial charge is 0.490 e. The molecule has 0 N–H and O–H groups in total. The van der Waals surface area contributed by atoms with Crippen LogP contribution in [-0.2, 0) is 27.5 Å². The van der Waals surface area contributed by atoms with Crippen molar-refractivity contribution in [3.05, 3.63) is 63.2 Å². The first-order chi connectivity index (χ1) is 16.0. The van der Waals surface area contributed by atoms with E-state index in [0.717, 1.165) is 18.4 Å². The summed E-state index contributed by atoms with van der Waals surface area (Å²) in [6.07, 6.45) is 4.88. The molecule has 9 heteroatoms. The second-order valence-electron chi connectivity index (χ2n) is 7.24. The highest BCUT2D eigenvalue weighted by Gasteiger charge is 2.21. The number of carbonyl (C=O) groups excluding carboxylic acids is 1. The number of ether oxygens (including phenoxy) is 5. The number of carbonyl (C=O) groups is 1. The van der Waals surface area contributed by atoms with Gasteiger partial charge in [0.05, 0.1) is 24.7 Å². The number of nitro benzene ring substituents is 1. The molecule has 176 valence electrons. The van der Waals surface area contributed by atoms with Crippen molar-refractivity contribution in [2.75, 3.05) is 20.0 Å². The van der Waals surface area contributed by atoms with Gasteiger partial charge in [0.1, 0.15) is 12.4 Å². The second-order valence-corrected chi connectivity index (χ2v) is 7.24. The predicted octanol–water partition coefficient (Wildman–Crippen LogP) is 4.80. The van der Waals surface area contributed by atoms with Crippen LogP contribution in [0.2, 0.25) is 0 Å². The molecule has 1 aliphatic rings. The van der Waals surface area contributed by atoms with Crippen molar-refractivity contribution in [2.24, 2.45) is 0 Å². The van der Waals surface area contributed by atoms with E-state index in [1.54, 1.807) is 18.2 Å². The molecule has 2 aromatic rings. The van der Waals surface area contributed by atoms with Gasteiger partial charge in [0, 0.05) is 29.3 Å². The van der Waals surface area contributed by atoms with E-state index in [2.05, 4.69) is 6.92 Å². The molecule has 0 unspecified atom stereocenters. The van der Waals surface area contributed by atoms with Crippen LogP contribution in [0, 0.1) is 10.1 Å². The SMILES string of the molecule is CCCCOc1ccc(C=CC(=O)OCc2cc([N+](=O)[O-])cc3c2OCOC3)cc1OCC. The van der Waals surface area contributed by atoms with Gasteiger partial charge in [-0.25, -0.2) is 4.79 Å².